The largest absolute Gasteiger partial charge is 0.337 e. The summed E-state index contributed by atoms with van der Waals surface area (Å²) in [5.41, 5.74) is 1.17. The molecule has 7 heteroatoms. The second kappa shape index (κ2) is 7.73. The van der Waals surface area contributed by atoms with Crippen LogP contribution in [0.3, 0.4) is 0 Å². The van der Waals surface area contributed by atoms with Crippen LogP contribution in [-0.4, -0.2) is 18.9 Å². The molecule has 4 aromatic rings. The minimum atomic E-state index is -3.72. The lowest BCUT2D eigenvalue weighted by Gasteiger charge is -2.08. The number of nitrogens with one attached hydrogen (secondary N) is 1. The number of halogens is 1. The first-order chi connectivity index (χ1) is 14.0. The van der Waals surface area contributed by atoms with Gasteiger partial charge in [0.2, 0.25) is 15.7 Å². The fourth-order valence-corrected chi connectivity index (χ4v) is 4.87. The number of anilines is 1. The van der Waals surface area contributed by atoms with Crippen molar-refractivity contribution in [2.75, 3.05) is 5.32 Å². The number of hydrogen-bond donors (Lipinski definition) is 1. The predicted molar refractivity (Wildman–Crippen MR) is 114 cm³/mol. The Balaban J connectivity index is 1.72. The van der Waals surface area contributed by atoms with E-state index in [1.807, 2.05) is 6.07 Å². The van der Waals surface area contributed by atoms with Gasteiger partial charge in [0.15, 0.2) is 0 Å². The molecule has 1 amide bonds. The lowest BCUT2D eigenvalue weighted by atomic mass is 10.2. The van der Waals surface area contributed by atoms with Crippen molar-refractivity contribution in [1.29, 1.82) is 0 Å². The first-order valence-corrected chi connectivity index (χ1v) is 10.8. The molecule has 4 rings (SSSR count). The van der Waals surface area contributed by atoms with Gasteiger partial charge in [-0.15, -0.1) is 0 Å². The Kier molecular flexibility index (Phi) is 5.13. The van der Waals surface area contributed by atoms with Gasteiger partial charge < -0.3 is 9.88 Å². The molecule has 0 aliphatic rings. The van der Waals surface area contributed by atoms with Gasteiger partial charge in [0.25, 0.3) is 0 Å². The van der Waals surface area contributed by atoms with E-state index in [4.69, 9.17) is 11.6 Å². The molecule has 1 heterocycles. The molecular weight excluding hydrogens is 408 g/mol. The van der Waals surface area contributed by atoms with Gasteiger partial charge in [-0.05, 0) is 30.3 Å². The minimum Gasteiger partial charge on any atom is -0.337 e. The molecule has 5 nitrogen and oxygen atoms in total. The van der Waals surface area contributed by atoms with Crippen LogP contribution in [0.15, 0.2) is 94.9 Å². The van der Waals surface area contributed by atoms with Crippen molar-refractivity contribution in [3.63, 3.8) is 0 Å². The molecule has 0 unspecified atom stereocenters. The summed E-state index contributed by atoms with van der Waals surface area (Å²) in [6, 6.07) is 22.3. The van der Waals surface area contributed by atoms with Gasteiger partial charge in [-0.2, -0.15) is 0 Å². The molecule has 3 aromatic carbocycles. The SMILES string of the molecule is O=C(Cn1cc(S(=O)(=O)c2ccccc2)c2ccccc21)Nc1ccccc1Cl. The topological polar surface area (TPSA) is 68.2 Å². The third-order valence-electron chi connectivity index (χ3n) is 4.56. The average molecular weight is 425 g/mol. The van der Waals surface area contributed by atoms with Gasteiger partial charge in [0.05, 0.1) is 20.5 Å². The summed E-state index contributed by atoms with van der Waals surface area (Å²) in [6.45, 7) is -0.0456. The van der Waals surface area contributed by atoms with E-state index < -0.39 is 9.84 Å². The molecule has 0 spiro atoms. The van der Waals surface area contributed by atoms with Crippen LogP contribution in [-0.2, 0) is 21.2 Å². The zero-order chi connectivity index (χ0) is 20.4. The van der Waals surface area contributed by atoms with Crippen LogP contribution < -0.4 is 5.32 Å². The van der Waals surface area contributed by atoms with E-state index in [1.54, 1.807) is 77.4 Å². The van der Waals surface area contributed by atoms with Gasteiger partial charge in [-0.3, -0.25) is 4.79 Å². The van der Waals surface area contributed by atoms with E-state index in [0.717, 1.165) is 0 Å². The quantitative estimate of drug-likeness (QED) is 0.502. The number of carbonyl (C=O) groups is 1. The summed E-state index contributed by atoms with van der Waals surface area (Å²) in [5, 5.41) is 3.77. The fraction of sp³-hybridized carbons (Fsp3) is 0.0455. The summed E-state index contributed by atoms with van der Waals surface area (Å²) >= 11 is 6.10. The maximum absolute atomic E-state index is 13.2. The first-order valence-electron chi connectivity index (χ1n) is 8.89. The molecule has 0 aliphatic carbocycles. The van der Waals surface area contributed by atoms with E-state index in [0.29, 0.717) is 21.6 Å². The average Bonchev–Trinajstić information content (AvgIpc) is 3.10. The minimum absolute atomic E-state index is 0.0456. The lowest BCUT2D eigenvalue weighted by Crippen LogP contribution is -2.18. The molecule has 1 N–H and O–H groups in total. The molecule has 29 heavy (non-hydrogen) atoms. The number of sulfone groups is 1. The zero-order valence-corrected chi connectivity index (χ0v) is 16.8. The van der Waals surface area contributed by atoms with Crippen LogP contribution in [0.5, 0.6) is 0 Å². The van der Waals surface area contributed by atoms with Crippen LogP contribution in [0.25, 0.3) is 10.9 Å². The third-order valence-corrected chi connectivity index (χ3v) is 6.68. The summed E-state index contributed by atoms with van der Waals surface area (Å²) in [4.78, 5) is 12.9. The van der Waals surface area contributed by atoms with Crippen molar-refractivity contribution in [1.82, 2.24) is 4.57 Å². The maximum atomic E-state index is 13.2. The van der Waals surface area contributed by atoms with Gasteiger partial charge >= 0.3 is 0 Å². The predicted octanol–water partition coefficient (Wildman–Crippen LogP) is 4.77. The van der Waals surface area contributed by atoms with Gasteiger partial charge in [-0.1, -0.05) is 60.1 Å². The maximum Gasteiger partial charge on any atom is 0.244 e. The Hall–Kier alpha value is -3.09. The van der Waals surface area contributed by atoms with Crippen molar-refractivity contribution in [2.45, 2.75) is 16.3 Å². The number of aromatic nitrogens is 1. The summed E-state index contributed by atoms with van der Waals surface area (Å²) in [6.07, 6.45) is 1.51. The molecule has 0 atom stereocenters. The van der Waals surface area contributed by atoms with Crippen molar-refractivity contribution in [3.05, 3.63) is 90.1 Å². The fourth-order valence-electron chi connectivity index (χ4n) is 3.19. The van der Waals surface area contributed by atoms with E-state index >= 15 is 0 Å². The summed E-state index contributed by atoms with van der Waals surface area (Å²) < 4.78 is 27.9. The number of para-hydroxylation sites is 2. The van der Waals surface area contributed by atoms with Crippen LogP contribution >= 0.6 is 11.6 Å². The number of fused-ring (bicyclic) bond motifs is 1. The smallest absolute Gasteiger partial charge is 0.244 e. The molecule has 0 bridgehead atoms. The van der Waals surface area contributed by atoms with Gasteiger partial charge in [-0.25, -0.2) is 8.42 Å². The van der Waals surface area contributed by atoms with E-state index in [-0.39, 0.29) is 22.2 Å². The van der Waals surface area contributed by atoms with E-state index in [1.165, 1.54) is 6.20 Å². The standard InChI is InChI=1S/C22H17ClN2O3S/c23-18-11-5-6-12-19(18)24-22(26)15-25-14-21(17-10-4-7-13-20(17)25)29(27,28)16-8-2-1-3-9-16/h1-14H,15H2,(H,24,26). The Morgan fingerprint density at radius 2 is 1.55 bits per heavy atom. The van der Waals surface area contributed by atoms with Crippen LogP contribution in [0.2, 0.25) is 5.02 Å². The van der Waals surface area contributed by atoms with Crippen LogP contribution in [0.1, 0.15) is 0 Å². The Morgan fingerprint density at radius 1 is 0.897 bits per heavy atom. The van der Waals surface area contributed by atoms with Crippen molar-refractivity contribution in [3.8, 4) is 0 Å². The highest BCUT2D eigenvalue weighted by atomic mass is 35.5. The van der Waals surface area contributed by atoms with Crippen LogP contribution in [0.4, 0.5) is 5.69 Å². The van der Waals surface area contributed by atoms with Gasteiger partial charge in [0.1, 0.15) is 6.54 Å². The Morgan fingerprint density at radius 3 is 2.31 bits per heavy atom. The molecule has 146 valence electrons. The number of benzene rings is 3. The number of rotatable bonds is 5. The lowest BCUT2D eigenvalue weighted by molar-refractivity contribution is -0.116. The monoisotopic (exact) mass is 424 g/mol. The molecule has 0 saturated heterocycles. The second-order valence-electron chi connectivity index (χ2n) is 6.48. The molecule has 0 fully saturated rings. The number of amides is 1. The highest BCUT2D eigenvalue weighted by Gasteiger charge is 2.23. The third kappa shape index (κ3) is 3.77. The number of carbonyl (C=O) groups excluding carboxylic acids is 1. The van der Waals surface area contributed by atoms with Gasteiger partial charge in [0, 0.05) is 17.1 Å². The first kappa shape index (κ1) is 19.2. The van der Waals surface area contributed by atoms with E-state index in [2.05, 4.69) is 5.32 Å². The van der Waals surface area contributed by atoms with E-state index in [9.17, 15) is 13.2 Å². The summed E-state index contributed by atoms with van der Waals surface area (Å²) in [7, 11) is -3.72. The van der Waals surface area contributed by atoms with Crippen molar-refractivity contribution in [2.24, 2.45) is 0 Å². The molecule has 0 aliphatic heterocycles. The molecule has 1 aromatic heterocycles. The van der Waals surface area contributed by atoms with Crippen molar-refractivity contribution < 1.29 is 13.2 Å². The summed E-state index contributed by atoms with van der Waals surface area (Å²) in [5.74, 6) is -0.303. The highest BCUT2D eigenvalue weighted by molar-refractivity contribution is 7.91. The highest BCUT2D eigenvalue weighted by Crippen LogP contribution is 2.30. The molecule has 0 radical (unpaired) electrons. The second-order valence-corrected chi connectivity index (χ2v) is 8.81. The Labute approximate surface area is 173 Å². The molecular formula is C22H17ClN2O3S. The Bertz CT molecular complexity index is 1300. The number of nitrogens with zero attached hydrogens (tertiary/aromatic N) is 1. The van der Waals surface area contributed by atoms with Crippen molar-refractivity contribution >= 4 is 43.9 Å². The number of hydrogen-bond acceptors (Lipinski definition) is 3. The zero-order valence-electron chi connectivity index (χ0n) is 15.2. The molecule has 0 saturated carbocycles. The van der Waals surface area contributed by atoms with Crippen LogP contribution in [0, 0.1) is 0 Å². The normalized spacial score (nSPS) is 11.5.